The summed E-state index contributed by atoms with van der Waals surface area (Å²) in [5.74, 6) is 0.179. The van der Waals surface area contributed by atoms with Crippen LogP contribution in [0.3, 0.4) is 0 Å². The van der Waals surface area contributed by atoms with Gasteiger partial charge in [0.05, 0.1) is 18.0 Å². The molecule has 0 bridgehead atoms. The number of pyridine rings is 1. The van der Waals surface area contributed by atoms with Gasteiger partial charge in [0, 0.05) is 22.8 Å². The molecule has 1 aromatic carbocycles. The van der Waals surface area contributed by atoms with Gasteiger partial charge in [0.25, 0.3) is 5.22 Å². The zero-order valence-corrected chi connectivity index (χ0v) is 16.1. The minimum atomic E-state index is -0.0713. The van der Waals surface area contributed by atoms with E-state index in [0.29, 0.717) is 11.8 Å². The van der Waals surface area contributed by atoms with Crippen molar-refractivity contribution in [3.63, 3.8) is 0 Å². The zero-order valence-electron chi connectivity index (χ0n) is 14.5. The number of thiazole rings is 1. The highest BCUT2D eigenvalue weighted by molar-refractivity contribution is 7.99. The molecule has 0 fully saturated rings. The first-order valence-electron chi connectivity index (χ1n) is 8.31. The topological polar surface area (TPSA) is 80.9 Å². The first-order valence-corrected chi connectivity index (χ1v) is 10.1. The molecule has 0 aliphatic heterocycles. The largest absolute Gasteiger partial charge is 0.431 e. The summed E-state index contributed by atoms with van der Waals surface area (Å²) in [6.45, 7) is 2.40. The highest BCUT2D eigenvalue weighted by atomic mass is 32.2. The Labute approximate surface area is 164 Å². The molecular weight excluding hydrogens is 380 g/mol. The Kier molecular flexibility index (Phi) is 5.17. The van der Waals surface area contributed by atoms with Gasteiger partial charge in [0.15, 0.2) is 5.58 Å². The summed E-state index contributed by atoms with van der Waals surface area (Å²) in [6, 6.07) is 11.4. The minimum absolute atomic E-state index is 0.0713. The Morgan fingerprint density at radius 3 is 2.93 bits per heavy atom. The molecule has 0 atom stereocenters. The van der Waals surface area contributed by atoms with Crippen molar-refractivity contribution in [2.45, 2.75) is 18.7 Å². The van der Waals surface area contributed by atoms with E-state index < -0.39 is 0 Å². The second-order valence-electron chi connectivity index (χ2n) is 5.78. The standard InChI is InChI=1S/C19H16N4O2S2/c1-12-16(27-18(22-12)13-5-4-8-20-9-13)10-21-17(24)11-26-19-23-14-6-2-3-7-15(14)25-19/h2-9H,10-11H2,1H3,(H,21,24). The zero-order chi connectivity index (χ0) is 18.6. The third-order valence-electron chi connectivity index (χ3n) is 3.85. The molecule has 0 aliphatic rings. The Bertz CT molecular complexity index is 1040. The van der Waals surface area contributed by atoms with Crippen LogP contribution >= 0.6 is 23.1 Å². The van der Waals surface area contributed by atoms with Gasteiger partial charge in [-0.3, -0.25) is 9.78 Å². The number of rotatable bonds is 6. The monoisotopic (exact) mass is 396 g/mol. The molecule has 1 amide bonds. The average molecular weight is 396 g/mol. The average Bonchev–Trinajstić information content (AvgIpc) is 3.28. The summed E-state index contributed by atoms with van der Waals surface area (Å²) >= 11 is 2.85. The highest BCUT2D eigenvalue weighted by Gasteiger charge is 2.12. The van der Waals surface area contributed by atoms with Crippen LogP contribution < -0.4 is 5.32 Å². The smallest absolute Gasteiger partial charge is 0.257 e. The fraction of sp³-hybridized carbons (Fsp3) is 0.158. The van der Waals surface area contributed by atoms with E-state index in [-0.39, 0.29) is 11.7 Å². The van der Waals surface area contributed by atoms with Crippen LogP contribution in [0.15, 0.2) is 58.4 Å². The highest BCUT2D eigenvalue weighted by Crippen LogP contribution is 2.27. The summed E-state index contributed by atoms with van der Waals surface area (Å²) in [7, 11) is 0. The second kappa shape index (κ2) is 7.89. The Morgan fingerprint density at radius 1 is 1.22 bits per heavy atom. The van der Waals surface area contributed by atoms with Crippen molar-refractivity contribution in [2.24, 2.45) is 0 Å². The minimum Gasteiger partial charge on any atom is -0.431 e. The normalized spacial score (nSPS) is 11.0. The van der Waals surface area contributed by atoms with Gasteiger partial charge in [-0.25, -0.2) is 9.97 Å². The fourth-order valence-corrected chi connectivity index (χ4v) is 4.14. The molecule has 0 aliphatic carbocycles. The molecular formula is C19H16N4O2S2. The van der Waals surface area contributed by atoms with Crippen LogP contribution in [-0.2, 0) is 11.3 Å². The first kappa shape index (κ1) is 17.7. The number of benzene rings is 1. The quantitative estimate of drug-likeness (QED) is 0.495. The van der Waals surface area contributed by atoms with Gasteiger partial charge in [-0.2, -0.15) is 0 Å². The van der Waals surface area contributed by atoms with Crippen molar-refractivity contribution in [1.29, 1.82) is 0 Å². The van der Waals surface area contributed by atoms with Gasteiger partial charge >= 0.3 is 0 Å². The molecule has 4 aromatic rings. The summed E-state index contributed by atoms with van der Waals surface area (Å²) in [4.78, 5) is 26.3. The van der Waals surface area contributed by atoms with Gasteiger partial charge in [-0.1, -0.05) is 23.9 Å². The lowest BCUT2D eigenvalue weighted by molar-refractivity contribution is -0.118. The van der Waals surface area contributed by atoms with E-state index in [1.54, 1.807) is 23.7 Å². The van der Waals surface area contributed by atoms with Crippen molar-refractivity contribution < 1.29 is 9.21 Å². The number of hydrogen-bond donors (Lipinski definition) is 1. The van der Waals surface area contributed by atoms with Crippen molar-refractivity contribution in [2.75, 3.05) is 5.75 Å². The number of para-hydroxylation sites is 2. The van der Waals surface area contributed by atoms with Gasteiger partial charge in [0.2, 0.25) is 5.91 Å². The van der Waals surface area contributed by atoms with E-state index in [1.165, 1.54) is 11.8 Å². The number of nitrogens with zero attached hydrogens (tertiary/aromatic N) is 3. The second-order valence-corrected chi connectivity index (χ2v) is 7.79. The van der Waals surface area contributed by atoms with Crippen LogP contribution in [0.5, 0.6) is 0 Å². The van der Waals surface area contributed by atoms with E-state index in [0.717, 1.165) is 32.2 Å². The van der Waals surface area contributed by atoms with Crippen molar-refractivity contribution in [1.82, 2.24) is 20.3 Å². The molecule has 136 valence electrons. The lowest BCUT2D eigenvalue weighted by atomic mass is 10.3. The van der Waals surface area contributed by atoms with Gasteiger partial charge in [-0.15, -0.1) is 11.3 Å². The molecule has 4 rings (SSSR count). The maximum atomic E-state index is 12.2. The molecule has 0 saturated carbocycles. The van der Waals surface area contributed by atoms with E-state index in [2.05, 4.69) is 20.3 Å². The van der Waals surface area contributed by atoms with E-state index in [4.69, 9.17) is 4.42 Å². The summed E-state index contributed by atoms with van der Waals surface area (Å²) < 4.78 is 5.61. The molecule has 3 aromatic heterocycles. The van der Waals surface area contributed by atoms with Gasteiger partial charge in [0.1, 0.15) is 10.5 Å². The number of fused-ring (bicyclic) bond motifs is 1. The first-order chi connectivity index (χ1) is 13.2. The number of amides is 1. The third kappa shape index (κ3) is 4.17. The van der Waals surface area contributed by atoms with Crippen LogP contribution in [0.25, 0.3) is 21.7 Å². The predicted octanol–water partition coefficient (Wildman–Crippen LogP) is 4.06. The third-order valence-corrected chi connectivity index (χ3v) is 5.88. The molecule has 0 radical (unpaired) electrons. The molecule has 8 heteroatoms. The maximum Gasteiger partial charge on any atom is 0.257 e. The fourth-order valence-electron chi connectivity index (χ4n) is 2.47. The van der Waals surface area contributed by atoms with Crippen molar-refractivity contribution in [3.05, 3.63) is 59.4 Å². The molecule has 6 nitrogen and oxygen atoms in total. The number of hydrogen-bond acceptors (Lipinski definition) is 7. The molecule has 0 spiro atoms. The van der Waals surface area contributed by atoms with Crippen molar-refractivity contribution >= 4 is 40.1 Å². The number of nitrogens with one attached hydrogen (secondary N) is 1. The van der Waals surface area contributed by atoms with Crippen LogP contribution in [-0.4, -0.2) is 26.6 Å². The molecule has 0 unspecified atom stereocenters. The van der Waals surface area contributed by atoms with E-state index in [1.807, 2.05) is 43.3 Å². The van der Waals surface area contributed by atoms with Crippen LogP contribution in [0.4, 0.5) is 0 Å². The number of thioether (sulfide) groups is 1. The van der Waals surface area contributed by atoms with Gasteiger partial charge in [-0.05, 0) is 31.2 Å². The summed E-state index contributed by atoms with van der Waals surface area (Å²) in [5.41, 5.74) is 3.42. The van der Waals surface area contributed by atoms with Gasteiger partial charge < -0.3 is 9.73 Å². The maximum absolute atomic E-state index is 12.2. The SMILES string of the molecule is Cc1nc(-c2cccnc2)sc1CNC(=O)CSc1nc2ccccc2o1. The molecule has 3 heterocycles. The van der Waals surface area contributed by atoms with Crippen LogP contribution in [0, 0.1) is 6.92 Å². The Hall–Kier alpha value is -2.71. The molecule has 1 N–H and O–H groups in total. The summed E-state index contributed by atoms with van der Waals surface area (Å²) in [5, 5.41) is 4.34. The lowest BCUT2D eigenvalue weighted by Gasteiger charge is -2.02. The number of oxazole rings is 1. The van der Waals surface area contributed by atoms with E-state index >= 15 is 0 Å². The number of aromatic nitrogens is 3. The summed E-state index contributed by atoms with van der Waals surface area (Å²) in [6.07, 6.45) is 3.53. The Morgan fingerprint density at radius 2 is 2.11 bits per heavy atom. The van der Waals surface area contributed by atoms with Crippen molar-refractivity contribution in [3.8, 4) is 10.6 Å². The van der Waals surface area contributed by atoms with Crippen LogP contribution in [0.2, 0.25) is 0 Å². The molecule has 0 saturated heterocycles. The number of carbonyl (C=O) groups excluding carboxylic acids is 1. The lowest BCUT2D eigenvalue weighted by Crippen LogP contribution is -2.24. The predicted molar refractivity (Wildman–Crippen MR) is 107 cm³/mol. The number of aryl methyl sites for hydroxylation is 1. The Balaban J connectivity index is 1.33. The van der Waals surface area contributed by atoms with Crippen LogP contribution in [0.1, 0.15) is 10.6 Å². The molecule has 27 heavy (non-hydrogen) atoms. The number of carbonyl (C=O) groups is 1. The van der Waals surface area contributed by atoms with E-state index in [9.17, 15) is 4.79 Å².